The molecule has 1 fully saturated rings. The fraction of sp³-hybridized carbons (Fsp3) is 1.00. The SMILES string of the molecule is CC(C)NC1(CO)CCCN(C)C1. The van der Waals surface area contributed by atoms with E-state index in [0.29, 0.717) is 6.04 Å². The number of hydrogen-bond donors (Lipinski definition) is 2. The van der Waals surface area contributed by atoms with Gasteiger partial charge in [0.1, 0.15) is 0 Å². The lowest BCUT2D eigenvalue weighted by molar-refractivity contribution is 0.0738. The summed E-state index contributed by atoms with van der Waals surface area (Å²) in [6.45, 7) is 6.62. The lowest BCUT2D eigenvalue weighted by Crippen LogP contribution is -2.60. The minimum absolute atomic E-state index is 0.0544. The molecule has 1 unspecified atom stereocenters. The molecule has 0 bridgehead atoms. The standard InChI is InChI=1S/C10H22N2O/c1-9(2)11-10(8-13)5-4-6-12(3)7-10/h9,11,13H,4-8H2,1-3H3. The number of hydrogen-bond acceptors (Lipinski definition) is 3. The van der Waals surface area contributed by atoms with Crippen molar-refractivity contribution < 1.29 is 5.11 Å². The summed E-state index contributed by atoms with van der Waals surface area (Å²) in [5.74, 6) is 0. The first-order chi connectivity index (χ1) is 6.08. The van der Waals surface area contributed by atoms with Crippen molar-refractivity contribution in [2.24, 2.45) is 0 Å². The Labute approximate surface area is 81.1 Å². The number of likely N-dealkylation sites (tertiary alicyclic amines) is 1. The Hall–Kier alpha value is -0.120. The van der Waals surface area contributed by atoms with Gasteiger partial charge in [-0.1, -0.05) is 13.8 Å². The summed E-state index contributed by atoms with van der Waals surface area (Å²) in [7, 11) is 2.12. The third-order valence-corrected chi connectivity index (χ3v) is 2.67. The maximum Gasteiger partial charge on any atom is 0.0625 e. The van der Waals surface area contributed by atoms with Crippen LogP contribution in [0.5, 0.6) is 0 Å². The second kappa shape index (κ2) is 4.40. The minimum atomic E-state index is -0.0544. The zero-order valence-corrected chi connectivity index (χ0v) is 9.01. The number of likely N-dealkylation sites (N-methyl/N-ethyl adjacent to an activating group) is 1. The van der Waals surface area contributed by atoms with Crippen LogP contribution in [0.1, 0.15) is 26.7 Å². The maximum atomic E-state index is 9.42. The molecule has 1 aliphatic rings. The van der Waals surface area contributed by atoms with Gasteiger partial charge in [0.05, 0.1) is 12.1 Å². The van der Waals surface area contributed by atoms with Gasteiger partial charge in [0.25, 0.3) is 0 Å². The third kappa shape index (κ3) is 2.93. The minimum Gasteiger partial charge on any atom is -0.394 e. The van der Waals surface area contributed by atoms with Crippen molar-refractivity contribution in [3.8, 4) is 0 Å². The zero-order chi connectivity index (χ0) is 9.90. The highest BCUT2D eigenvalue weighted by Crippen LogP contribution is 2.20. The molecule has 0 amide bonds. The first-order valence-corrected chi connectivity index (χ1v) is 5.15. The van der Waals surface area contributed by atoms with Crippen LogP contribution >= 0.6 is 0 Å². The van der Waals surface area contributed by atoms with Crippen LogP contribution in [0, 0.1) is 0 Å². The lowest BCUT2D eigenvalue weighted by atomic mass is 9.89. The highest BCUT2D eigenvalue weighted by Gasteiger charge is 2.33. The van der Waals surface area contributed by atoms with Crippen LogP contribution < -0.4 is 5.32 Å². The Balaban J connectivity index is 2.56. The van der Waals surface area contributed by atoms with Crippen LogP contribution in [-0.2, 0) is 0 Å². The van der Waals surface area contributed by atoms with Crippen molar-refractivity contribution in [1.82, 2.24) is 10.2 Å². The Morgan fingerprint density at radius 2 is 2.23 bits per heavy atom. The number of nitrogens with zero attached hydrogens (tertiary/aromatic N) is 1. The topological polar surface area (TPSA) is 35.5 Å². The monoisotopic (exact) mass is 186 g/mol. The molecule has 0 spiro atoms. The molecule has 0 aliphatic carbocycles. The van der Waals surface area contributed by atoms with Crippen LogP contribution in [0.15, 0.2) is 0 Å². The van der Waals surface area contributed by atoms with Gasteiger partial charge in [0, 0.05) is 12.6 Å². The van der Waals surface area contributed by atoms with E-state index in [-0.39, 0.29) is 12.1 Å². The number of aliphatic hydroxyl groups is 1. The van der Waals surface area contributed by atoms with Gasteiger partial charge in [0.15, 0.2) is 0 Å². The van der Waals surface area contributed by atoms with E-state index in [1.165, 1.54) is 6.42 Å². The molecule has 1 aliphatic heterocycles. The summed E-state index contributed by atoms with van der Waals surface area (Å²) >= 11 is 0. The van der Waals surface area contributed by atoms with Gasteiger partial charge < -0.3 is 15.3 Å². The van der Waals surface area contributed by atoms with E-state index in [4.69, 9.17) is 0 Å². The van der Waals surface area contributed by atoms with Crippen molar-refractivity contribution in [2.75, 3.05) is 26.7 Å². The van der Waals surface area contributed by atoms with E-state index in [0.717, 1.165) is 19.5 Å². The zero-order valence-electron chi connectivity index (χ0n) is 9.01. The molecule has 3 heteroatoms. The van der Waals surface area contributed by atoms with Crippen LogP contribution in [0.2, 0.25) is 0 Å². The van der Waals surface area contributed by atoms with Gasteiger partial charge in [0.2, 0.25) is 0 Å². The predicted molar refractivity (Wildman–Crippen MR) is 54.8 cm³/mol. The molecule has 1 saturated heterocycles. The molecule has 1 heterocycles. The number of rotatable bonds is 3. The normalized spacial score (nSPS) is 31.2. The first kappa shape index (κ1) is 11.0. The molecule has 3 nitrogen and oxygen atoms in total. The van der Waals surface area contributed by atoms with E-state index >= 15 is 0 Å². The smallest absolute Gasteiger partial charge is 0.0625 e. The molecular formula is C10H22N2O. The van der Waals surface area contributed by atoms with Gasteiger partial charge in [-0.15, -0.1) is 0 Å². The molecule has 1 rings (SSSR count). The molecule has 0 aromatic carbocycles. The van der Waals surface area contributed by atoms with E-state index in [9.17, 15) is 5.11 Å². The van der Waals surface area contributed by atoms with Gasteiger partial charge in [-0.05, 0) is 26.4 Å². The average molecular weight is 186 g/mol. The largest absolute Gasteiger partial charge is 0.394 e. The second-order valence-corrected chi connectivity index (χ2v) is 4.58. The van der Waals surface area contributed by atoms with Crippen molar-refractivity contribution >= 4 is 0 Å². The van der Waals surface area contributed by atoms with E-state index < -0.39 is 0 Å². The van der Waals surface area contributed by atoms with Gasteiger partial charge in [-0.3, -0.25) is 0 Å². The maximum absolute atomic E-state index is 9.42. The van der Waals surface area contributed by atoms with Gasteiger partial charge in [-0.25, -0.2) is 0 Å². The molecule has 0 aromatic heterocycles. The Morgan fingerprint density at radius 1 is 1.54 bits per heavy atom. The summed E-state index contributed by atoms with van der Waals surface area (Å²) in [6, 6.07) is 0.443. The van der Waals surface area contributed by atoms with Gasteiger partial charge >= 0.3 is 0 Å². The first-order valence-electron chi connectivity index (χ1n) is 5.15. The van der Waals surface area contributed by atoms with Crippen LogP contribution in [0.4, 0.5) is 0 Å². The summed E-state index contributed by atoms with van der Waals surface area (Å²) < 4.78 is 0. The number of nitrogens with one attached hydrogen (secondary N) is 1. The fourth-order valence-electron chi connectivity index (χ4n) is 2.27. The summed E-state index contributed by atoms with van der Waals surface area (Å²) in [4.78, 5) is 2.29. The molecule has 78 valence electrons. The van der Waals surface area contributed by atoms with Crippen molar-refractivity contribution in [3.63, 3.8) is 0 Å². The summed E-state index contributed by atoms with van der Waals surface area (Å²) in [5, 5.41) is 12.9. The molecule has 13 heavy (non-hydrogen) atoms. The summed E-state index contributed by atoms with van der Waals surface area (Å²) in [6.07, 6.45) is 2.27. The quantitative estimate of drug-likeness (QED) is 0.671. The van der Waals surface area contributed by atoms with Crippen LogP contribution in [0.3, 0.4) is 0 Å². The summed E-state index contributed by atoms with van der Waals surface area (Å²) in [5.41, 5.74) is -0.0544. The fourth-order valence-corrected chi connectivity index (χ4v) is 2.27. The molecule has 0 radical (unpaired) electrons. The van der Waals surface area contributed by atoms with E-state index in [1.807, 2.05) is 0 Å². The molecule has 1 atom stereocenters. The molecule has 2 N–H and O–H groups in total. The molecule has 0 aromatic rings. The van der Waals surface area contributed by atoms with E-state index in [1.54, 1.807) is 0 Å². The molecule has 0 saturated carbocycles. The van der Waals surface area contributed by atoms with Crippen LogP contribution in [-0.4, -0.2) is 48.3 Å². The van der Waals surface area contributed by atoms with Crippen molar-refractivity contribution in [1.29, 1.82) is 0 Å². The van der Waals surface area contributed by atoms with E-state index in [2.05, 4.69) is 31.1 Å². The molecular weight excluding hydrogens is 164 g/mol. The van der Waals surface area contributed by atoms with Crippen LogP contribution in [0.25, 0.3) is 0 Å². The van der Waals surface area contributed by atoms with Gasteiger partial charge in [-0.2, -0.15) is 0 Å². The lowest BCUT2D eigenvalue weighted by Gasteiger charge is -2.42. The predicted octanol–water partition coefficient (Wildman–Crippen LogP) is 0.441. The highest BCUT2D eigenvalue weighted by atomic mass is 16.3. The number of piperidine rings is 1. The Bertz CT molecular complexity index is 157. The number of aliphatic hydroxyl groups excluding tert-OH is 1. The Morgan fingerprint density at radius 3 is 2.69 bits per heavy atom. The van der Waals surface area contributed by atoms with Crippen molar-refractivity contribution in [3.05, 3.63) is 0 Å². The average Bonchev–Trinajstić information content (AvgIpc) is 2.03. The third-order valence-electron chi connectivity index (χ3n) is 2.67. The Kier molecular flexibility index (Phi) is 3.71. The second-order valence-electron chi connectivity index (χ2n) is 4.58. The highest BCUT2D eigenvalue weighted by molar-refractivity contribution is 4.94. The van der Waals surface area contributed by atoms with Crippen molar-refractivity contribution in [2.45, 2.75) is 38.3 Å².